The van der Waals surface area contributed by atoms with Gasteiger partial charge in [0.2, 0.25) is 0 Å². The van der Waals surface area contributed by atoms with Crippen LogP contribution in [-0.4, -0.2) is 26.3 Å². The number of aromatic nitrogens is 4. The summed E-state index contributed by atoms with van der Waals surface area (Å²) in [6.45, 7) is 3.77. The van der Waals surface area contributed by atoms with E-state index >= 15 is 0 Å². The fourth-order valence-corrected chi connectivity index (χ4v) is 2.87. The summed E-state index contributed by atoms with van der Waals surface area (Å²) >= 11 is 1.70. The molecule has 0 atom stereocenters. The van der Waals surface area contributed by atoms with Crippen molar-refractivity contribution in [1.82, 2.24) is 25.1 Å². The summed E-state index contributed by atoms with van der Waals surface area (Å²) in [7, 11) is 1.92. The SMILES string of the molecule is Cc1nn(C)c2ncc(CNCCc3nccs3)cc12. The molecule has 1 N–H and O–H groups in total. The average Bonchev–Trinajstić information content (AvgIpc) is 3.05. The minimum absolute atomic E-state index is 0.822. The highest BCUT2D eigenvalue weighted by atomic mass is 32.1. The lowest BCUT2D eigenvalue weighted by atomic mass is 10.2. The van der Waals surface area contributed by atoms with Crippen molar-refractivity contribution >= 4 is 22.4 Å². The maximum Gasteiger partial charge on any atom is 0.157 e. The van der Waals surface area contributed by atoms with Crippen molar-refractivity contribution in [3.63, 3.8) is 0 Å². The smallest absolute Gasteiger partial charge is 0.157 e. The summed E-state index contributed by atoms with van der Waals surface area (Å²) in [5.74, 6) is 0. The number of rotatable bonds is 5. The molecule has 0 aliphatic heterocycles. The quantitative estimate of drug-likeness (QED) is 0.730. The topological polar surface area (TPSA) is 55.6 Å². The first-order valence-electron chi connectivity index (χ1n) is 6.61. The van der Waals surface area contributed by atoms with Crippen molar-refractivity contribution in [1.29, 1.82) is 0 Å². The Balaban J connectivity index is 1.61. The molecule has 5 nitrogen and oxygen atoms in total. The van der Waals surface area contributed by atoms with Gasteiger partial charge in [0.15, 0.2) is 5.65 Å². The van der Waals surface area contributed by atoms with E-state index in [4.69, 9.17) is 0 Å². The zero-order valence-electron chi connectivity index (χ0n) is 11.6. The maximum absolute atomic E-state index is 4.48. The van der Waals surface area contributed by atoms with Crippen LogP contribution in [0.5, 0.6) is 0 Å². The van der Waals surface area contributed by atoms with Crippen LogP contribution in [0, 0.1) is 6.92 Å². The van der Waals surface area contributed by atoms with Gasteiger partial charge >= 0.3 is 0 Å². The van der Waals surface area contributed by atoms with Crippen LogP contribution in [0.25, 0.3) is 11.0 Å². The normalized spacial score (nSPS) is 11.3. The van der Waals surface area contributed by atoms with E-state index in [9.17, 15) is 0 Å². The molecule has 3 aromatic rings. The zero-order chi connectivity index (χ0) is 13.9. The van der Waals surface area contributed by atoms with E-state index < -0.39 is 0 Å². The second kappa shape index (κ2) is 5.68. The van der Waals surface area contributed by atoms with E-state index in [0.717, 1.165) is 36.2 Å². The number of fused-ring (bicyclic) bond motifs is 1. The predicted octanol–water partition coefficient (Wildman–Crippen LogP) is 2.07. The van der Waals surface area contributed by atoms with Crippen LogP contribution >= 0.6 is 11.3 Å². The van der Waals surface area contributed by atoms with Crippen LogP contribution < -0.4 is 5.32 Å². The first kappa shape index (κ1) is 13.2. The molecule has 3 heterocycles. The Morgan fingerprint density at radius 3 is 3.05 bits per heavy atom. The fraction of sp³-hybridized carbons (Fsp3) is 0.357. The molecular formula is C14H17N5S. The molecule has 0 aliphatic carbocycles. The Hall–Kier alpha value is -1.79. The largest absolute Gasteiger partial charge is 0.312 e. The number of hydrogen-bond acceptors (Lipinski definition) is 5. The zero-order valence-corrected chi connectivity index (χ0v) is 12.4. The van der Waals surface area contributed by atoms with Gasteiger partial charge in [0.25, 0.3) is 0 Å². The summed E-state index contributed by atoms with van der Waals surface area (Å²) < 4.78 is 1.82. The number of hydrogen-bond donors (Lipinski definition) is 1. The summed E-state index contributed by atoms with van der Waals surface area (Å²) in [4.78, 5) is 8.75. The summed E-state index contributed by atoms with van der Waals surface area (Å²) in [6.07, 6.45) is 4.74. The van der Waals surface area contributed by atoms with E-state index in [-0.39, 0.29) is 0 Å². The summed E-state index contributed by atoms with van der Waals surface area (Å²) in [6, 6.07) is 2.17. The van der Waals surface area contributed by atoms with Gasteiger partial charge in [0.1, 0.15) is 0 Å². The number of aryl methyl sites for hydroxylation is 2. The van der Waals surface area contributed by atoms with E-state index in [2.05, 4.69) is 26.4 Å². The lowest BCUT2D eigenvalue weighted by molar-refractivity contribution is 0.684. The highest BCUT2D eigenvalue weighted by Gasteiger charge is 2.06. The van der Waals surface area contributed by atoms with E-state index in [1.54, 1.807) is 11.3 Å². The third kappa shape index (κ3) is 2.71. The van der Waals surface area contributed by atoms with Crippen LogP contribution in [0.1, 0.15) is 16.3 Å². The van der Waals surface area contributed by atoms with Crippen LogP contribution in [0.4, 0.5) is 0 Å². The minimum atomic E-state index is 0.822. The molecular weight excluding hydrogens is 270 g/mol. The minimum Gasteiger partial charge on any atom is -0.312 e. The monoisotopic (exact) mass is 287 g/mol. The first-order valence-corrected chi connectivity index (χ1v) is 7.49. The highest BCUT2D eigenvalue weighted by Crippen LogP contribution is 2.16. The number of nitrogens with one attached hydrogen (secondary N) is 1. The molecule has 0 radical (unpaired) electrons. The predicted molar refractivity (Wildman–Crippen MR) is 80.8 cm³/mol. The van der Waals surface area contributed by atoms with Crippen LogP contribution in [0.2, 0.25) is 0 Å². The lowest BCUT2D eigenvalue weighted by Crippen LogP contribution is -2.16. The number of pyridine rings is 1. The van der Waals surface area contributed by atoms with Crippen LogP contribution in [-0.2, 0) is 20.0 Å². The first-order chi connectivity index (χ1) is 9.74. The Kier molecular flexibility index (Phi) is 3.75. The molecule has 0 spiro atoms. The van der Waals surface area contributed by atoms with Crippen molar-refractivity contribution in [3.8, 4) is 0 Å². The molecule has 3 rings (SSSR count). The van der Waals surface area contributed by atoms with Gasteiger partial charge in [-0.1, -0.05) is 0 Å². The molecule has 0 bridgehead atoms. The van der Waals surface area contributed by atoms with Crippen molar-refractivity contribution in [2.75, 3.05) is 6.54 Å². The van der Waals surface area contributed by atoms with Gasteiger partial charge in [-0.25, -0.2) is 9.97 Å². The molecule has 3 aromatic heterocycles. The summed E-state index contributed by atoms with van der Waals surface area (Å²) in [5, 5.41) is 12.1. The standard InChI is InChI=1S/C14H17N5S/c1-10-12-7-11(9-17-14(12)19(2)18-10)8-15-4-3-13-16-5-6-20-13/h5-7,9,15H,3-4,8H2,1-2H3. The van der Waals surface area contributed by atoms with E-state index in [0.29, 0.717) is 0 Å². The molecule has 0 saturated heterocycles. The molecule has 0 fully saturated rings. The second-order valence-corrected chi connectivity index (χ2v) is 5.76. The van der Waals surface area contributed by atoms with Gasteiger partial charge < -0.3 is 5.32 Å². The number of nitrogens with zero attached hydrogens (tertiary/aromatic N) is 4. The van der Waals surface area contributed by atoms with Gasteiger partial charge in [-0.3, -0.25) is 4.68 Å². The fourth-order valence-electron chi connectivity index (χ4n) is 2.25. The number of thiazole rings is 1. The van der Waals surface area contributed by atoms with Gasteiger partial charge in [-0.05, 0) is 18.6 Å². The molecule has 0 unspecified atom stereocenters. The second-order valence-electron chi connectivity index (χ2n) is 4.78. The highest BCUT2D eigenvalue weighted by molar-refractivity contribution is 7.09. The lowest BCUT2D eigenvalue weighted by Gasteiger charge is -2.04. The van der Waals surface area contributed by atoms with Gasteiger partial charge in [0.05, 0.1) is 10.7 Å². The molecule has 6 heteroatoms. The van der Waals surface area contributed by atoms with E-state index in [1.807, 2.05) is 36.4 Å². The molecule has 0 aromatic carbocycles. The molecule has 0 aliphatic rings. The molecule has 104 valence electrons. The van der Waals surface area contributed by atoms with Gasteiger partial charge in [-0.15, -0.1) is 11.3 Å². The molecule has 0 amide bonds. The van der Waals surface area contributed by atoms with Crippen molar-refractivity contribution in [2.45, 2.75) is 19.9 Å². The Morgan fingerprint density at radius 2 is 2.25 bits per heavy atom. The average molecular weight is 287 g/mol. The Morgan fingerprint density at radius 1 is 1.35 bits per heavy atom. The third-order valence-corrected chi connectivity index (χ3v) is 4.09. The Bertz CT molecular complexity index is 702. The Labute approximate surface area is 121 Å². The van der Waals surface area contributed by atoms with Crippen LogP contribution in [0.3, 0.4) is 0 Å². The van der Waals surface area contributed by atoms with Crippen molar-refractivity contribution < 1.29 is 0 Å². The van der Waals surface area contributed by atoms with E-state index in [1.165, 1.54) is 10.6 Å². The maximum atomic E-state index is 4.48. The van der Waals surface area contributed by atoms with Crippen LogP contribution in [0.15, 0.2) is 23.8 Å². The molecule has 20 heavy (non-hydrogen) atoms. The molecule has 0 saturated carbocycles. The third-order valence-electron chi connectivity index (χ3n) is 3.25. The van der Waals surface area contributed by atoms with Crippen molar-refractivity contribution in [3.05, 3.63) is 40.1 Å². The van der Waals surface area contributed by atoms with Crippen molar-refractivity contribution in [2.24, 2.45) is 7.05 Å². The van der Waals surface area contributed by atoms with Gasteiger partial charge in [0, 0.05) is 49.7 Å². The summed E-state index contributed by atoms with van der Waals surface area (Å²) in [5.41, 5.74) is 3.15. The van der Waals surface area contributed by atoms with Gasteiger partial charge in [-0.2, -0.15) is 5.10 Å².